The predicted molar refractivity (Wildman–Crippen MR) is 329 cm³/mol. The fourth-order valence-electron chi connectivity index (χ4n) is 10.7. The van der Waals surface area contributed by atoms with Crippen LogP contribution < -0.4 is 11.1 Å². The van der Waals surface area contributed by atoms with Gasteiger partial charge in [-0.1, -0.05) is 238 Å². The van der Waals surface area contributed by atoms with Crippen molar-refractivity contribution >= 4 is 17.8 Å². The van der Waals surface area contributed by atoms with Gasteiger partial charge in [0.25, 0.3) is 0 Å². The van der Waals surface area contributed by atoms with Gasteiger partial charge < -0.3 is 25.1 Å². The SMILES string of the molecule is CCCCCCCC/C=C\CCCCCCCCC(CCCCCCC/C=C\CCCCCCCC)OC(=O)C(CCC(=O)OC(C)(C)C)NC(=O)C(N)Cc1cn(C(c2ccccc2)(c2ccccc2)c2ccccc2)cn1. The molecule has 1 amide bonds. The topological polar surface area (TPSA) is 126 Å². The van der Waals surface area contributed by atoms with E-state index in [1.165, 1.54) is 122 Å². The molecule has 436 valence electrons. The number of amides is 1. The van der Waals surface area contributed by atoms with Crippen LogP contribution in [0.2, 0.25) is 0 Å². The zero-order valence-corrected chi connectivity index (χ0v) is 50.0. The van der Waals surface area contributed by atoms with Gasteiger partial charge in [0.05, 0.1) is 18.1 Å². The van der Waals surface area contributed by atoms with E-state index in [2.05, 4.69) is 84.4 Å². The normalized spacial score (nSPS) is 13.2. The Labute approximate surface area is 479 Å². The molecule has 0 aliphatic heterocycles. The number of carbonyl (C=O) groups excluding carboxylic acids is 3. The third-order valence-corrected chi connectivity index (χ3v) is 15.1. The van der Waals surface area contributed by atoms with E-state index in [0.717, 1.165) is 80.9 Å². The van der Waals surface area contributed by atoms with E-state index >= 15 is 0 Å². The quantitative estimate of drug-likeness (QED) is 0.0196. The summed E-state index contributed by atoms with van der Waals surface area (Å²) in [6.45, 7) is 9.99. The summed E-state index contributed by atoms with van der Waals surface area (Å²) in [5.74, 6) is -1.49. The first-order valence-corrected chi connectivity index (χ1v) is 31.5. The Morgan fingerprint density at radius 1 is 0.557 bits per heavy atom. The van der Waals surface area contributed by atoms with Crippen LogP contribution in [0, 0.1) is 0 Å². The summed E-state index contributed by atoms with van der Waals surface area (Å²) in [4.78, 5) is 46.4. The van der Waals surface area contributed by atoms with Gasteiger partial charge in [-0.25, -0.2) is 9.78 Å². The number of hydrogen-bond donors (Lipinski definition) is 2. The molecule has 3 atom stereocenters. The van der Waals surface area contributed by atoms with Crippen molar-refractivity contribution < 1.29 is 23.9 Å². The summed E-state index contributed by atoms with van der Waals surface area (Å²) in [5, 5.41) is 2.93. The number of ether oxygens (including phenoxy) is 2. The van der Waals surface area contributed by atoms with Crippen molar-refractivity contribution in [2.45, 2.75) is 269 Å². The number of benzene rings is 3. The first-order valence-electron chi connectivity index (χ1n) is 31.5. The zero-order valence-electron chi connectivity index (χ0n) is 50.0. The zero-order chi connectivity index (χ0) is 56.7. The smallest absolute Gasteiger partial charge is 0.328 e. The number of rotatable bonds is 44. The molecule has 0 aliphatic rings. The highest BCUT2D eigenvalue weighted by Gasteiger charge is 2.39. The van der Waals surface area contributed by atoms with Gasteiger partial charge in [0.2, 0.25) is 5.91 Å². The number of imidazole rings is 1. The maximum Gasteiger partial charge on any atom is 0.328 e. The van der Waals surface area contributed by atoms with Crippen molar-refractivity contribution in [2.75, 3.05) is 0 Å². The molecule has 0 bridgehead atoms. The van der Waals surface area contributed by atoms with Crippen LogP contribution in [0.15, 0.2) is 128 Å². The summed E-state index contributed by atoms with van der Waals surface area (Å²) in [6.07, 6.45) is 47.8. The molecule has 0 radical (unpaired) electrons. The standard InChI is InChI=1S/C70H106N4O5/c1-6-8-10-12-14-16-18-20-22-24-26-28-30-32-34-45-53-63(52-44-33-31-29-27-25-23-21-19-17-15-13-11-9-7-2)78-68(77)65(54-55-66(75)79-69(3,4)5)73-67(76)64(71)56-62-57-74(58-72-62)70(59-46-38-35-39-47-59,60-48-40-36-41-49-60)61-50-42-37-43-51-61/h20-23,35-43,46-51,57-58,63-65H,6-19,24-34,44-45,52-56,71H2,1-5H3,(H,73,76)/b22-20-,23-21-. The number of esters is 2. The van der Waals surface area contributed by atoms with Crippen LogP contribution in [0.25, 0.3) is 0 Å². The molecular weight excluding hydrogens is 977 g/mol. The minimum absolute atomic E-state index is 0.0307. The highest BCUT2D eigenvalue weighted by atomic mass is 16.6. The van der Waals surface area contributed by atoms with E-state index < -0.39 is 41.1 Å². The molecule has 9 nitrogen and oxygen atoms in total. The lowest BCUT2D eigenvalue weighted by molar-refractivity contribution is -0.157. The van der Waals surface area contributed by atoms with E-state index in [-0.39, 0.29) is 25.4 Å². The van der Waals surface area contributed by atoms with E-state index in [1.807, 2.05) is 81.6 Å². The number of hydrogen-bond acceptors (Lipinski definition) is 7. The molecule has 0 spiro atoms. The average molecular weight is 1080 g/mol. The summed E-state index contributed by atoms with van der Waals surface area (Å²) < 4.78 is 14.1. The lowest BCUT2D eigenvalue weighted by Gasteiger charge is -2.37. The predicted octanol–water partition coefficient (Wildman–Crippen LogP) is 17.6. The van der Waals surface area contributed by atoms with Crippen LogP contribution in [0.4, 0.5) is 0 Å². The fraction of sp³-hybridized carbons (Fsp3) is 0.600. The van der Waals surface area contributed by atoms with Gasteiger partial charge in [0.1, 0.15) is 23.3 Å². The second-order valence-electron chi connectivity index (χ2n) is 23.2. The second kappa shape index (κ2) is 40.0. The summed E-state index contributed by atoms with van der Waals surface area (Å²) in [7, 11) is 0. The summed E-state index contributed by atoms with van der Waals surface area (Å²) in [5.41, 5.74) is 9.02. The molecule has 0 saturated carbocycles. The Bertz CT molecular complexity index is 2150. The van der Waals surface area contributed by atoms with Gasteiger partial charge in [-0.15, -0.1) is 0 Å². The van der Waals surface area contributed by atoms with E-state index in [1.54, 1.807) is 6.33 Å². The number of carbonyl (C=O) groups is 3. The number of nitrogens with zero attached hydrogens (tertiary/aromatic N) is 2. The molecule has 3 N–H and O–H groups in total. The van der Waals surface area contributed by atoms with Crippen molar-refractivity contribution in [1.82, 2.24) is 14.9 Å². The molecule has 9 heteroatoms. The van der Waals surface area contributed by atoms with Gasteiger partial charge in [0.15, 0.2) is 0 Å². The Kier molecular flexibility index (Phi) is 33.5. The molecule has 3 aromatic carbocycles. The summed E-state index contributed by atoms with van der Waals surface area (Å²) in [6, 6.07) is 28.9. The van der Waals surface area contributed by atoms with Crippen LogP contribution in [0.5, 0.6) is 0 Å². The highest BCUT2D eigenvalue weighted by molar-refractivity contribution is 5.88. The van der Waals surface area contributed by atoms with Crippen molar-refractivity contribution in [3.63, 3.8) is 0 Å². The molecule has 1 heterocycles. The van der Waals surface area contributed by atoms with Crippen LogP contribution in [-0.4, -0.2) is 51.2 Å². The van der Waals surface area contributed by atoms with E-state index in [0.29, 0.717) is 5.69 Å². The number of aromatic nitrogens is 2. The van der Waals surface area contributed by atoms with Crippen LogP contribution >= 0.6 is 0 Å². The molecule has 79 heavy (non-hydrogen) atoms. The van der Waals surface area contributed by atoms with E-state index in [4.69, 9.17) is 20.2 Å². The lowest BCUT2D eigenvalue weighted by Crippen LogP contribution is -2.50. The van der Waals surface area contributed by atoms with Gasteiger partial charge >= 0.3 is 11.9 Å². The number of nitrogens with two attached hydrogens (primary N) is 1. The molecule has 0 fully saturated rings. The number of unbranched alkanes of at least 4 members (excludes halogenated alkanes) is 23. The first kappa shape index (κ1) is 66.2. The molecular formula is C70H106N4O5. The third-order valence-electron chi connectivity index (χ3n) is 15.1. The van der Waals surface area contributed by atoms with Gasteiger partial charge in [-0.2, -0.15) is 0 Å². The Morgan fingerprint density at radius 2 is 0.949 bits per heavy atom. The van der Waals surface area contributed by atoms with Gasteiger partial charge in [-0.3, -0.25) is 9.59 Å². The maximum atomic E-state index is 14.4. The van der Waals surface area contributed by atoms with Crippen molar-refractivity contribution in [3.05, 3.63) is 150 Å². The Morgan fingerprint density at radius 3 is 1.35 bits per heavy atom. The van der Waals surface area contributed by atoms with Gasteiger partial charge in [0, 0.05) is 19.0 Å². The number of allylic oxidation sites excluding steroid dienone is 4. The van der Waals surface area contributed by atoms with Crippen molar-refractivity contribution in [3.8, 4) is 0 Å². The molecule has 4 rings (SSSR count). The maximum absolute atomic E-state index is 14.4. The molecule has 0 aliphatic carbocycles. The minimum atomic E-state index is -1.08. The van der Waals surface area contributed by atoms with Crippen LogP contribution in [-0.2, 0) is 35.8 Å². The average Bonchev–Trinajstić information content (AvgIpc) is 3.97. The van der Waals surface area contributed by atoms with E-state index in [9.17, 15) is 14.4 Å². The lowest BCUT2D eigenvalue weighted by atomic mass is 9.77. The Hall–Kier alpha value is -5.28. The minimum Gasteiger partial charge on any atom is -0.461 e. The van der Waals surface area contributed by atoms with Gasteiger partial charge in [-0.05, 0) is 121 Å². The Balaban J connectivity index is 1.39. The fourth-order valence-corrected chi connectivity index (χ4v) is 10.7. The monoisotopic (exact) mass is 1080 g/mol. The third kappa shape index (κ3) is 26.7. The van der Waals surface area contributed by atoms with Crippen molar-refractivity contribution in [2.24, 2.45) is 5.73 Å². The highest BCUT2D eigenvalue weighted by Crippen LogP contribution is 2.41. The van der Waals surface area contributed by atoms with Crippen LogP contribution in [0.3, 0.4) is 0 Å². The molecule has 0 saturated heterocycles. The molecule has 4 aromatic rings. The molecule has 1 aromatic heterocycles. The number of nitrogens with one attached hydrogen (secondary N) is 1. The van der Waals surface area contributed by atoms with Crippen LogP contribution in [0.1, 0.15) is 256 Å². The summed E-state index contributed by atoms with van der Waals surface area (Å²) >= 11 is 0. The largest absolute Gasteiger partial charge is 0.461 e. The second-order valence-corrected chi connectivity index (χ2v) is 23.2. The molecule has 3 unspecified atom stereocenters. The van der Waals surface area contributed by atoms with Crippen molar-refractivity contribution in [1.29, 1.82) is 0 Å². The first-order chi connectivity index (χ1) is 38.5.